The molecule has 5 rings (SSSR count). The minimum atomic E-state index is -0.290. The summed E-state index contributed by atoms with van der Waals surface area (Å²) in [5, 5.41) is 5.06. The van der Waals surface area contributed by atoms with Gasteiger partial charge in [0, 0.05) is 44.8 Å². The van der Waals surface area contributed by atoms with Crippen LogP contribution in [0.25, 0.3) is 0 Å². The fourth-order valence-electron chi connectivity index (χ4n) is 4.78. The SMILES string of the molecule is O=C(C[C@H]1CC2(CCN(C(=O)c3cccs3)CC2)Oc2ccccc21)NCC1CC1. The molecule has 5 nitrogen and oxygen atoms in total. The number of fused-ring (bicyclic) bond motifs is 1. The van der Waals surface area contributed by atoms with Crippen molar-refractivity contribution < 1.29 is 14.3 Å². The van der Waals surface area contributed by atoms with E-state index in [1.54, 1.807) is 0 Å². The lowest BCUT2D eigenvalue weighted by Gasteiger charge is -2.46. The van der Waals surface area contributed by atoms with E-state index in [0.29, 0.717) is 25.4 Å². The van der Waals surface area contributed by atoms with E-state index in [9.17, 15) is 9.59 Å². The van der Waals surface area contributed by atoms with Gasteiger partial charge < -0.3 is 15.0 Å². The van der Waals surface area contributed by atoms with Crippen LogP contribution < -0.4 is 10.1 Å². The Kier molecular flexibility index (Phi) is 5.27. The lowest BCUT2D eigenvalue weighted by atomic mass is 9.76. The third kappa shape index (κ3) is 4.10. The number of carbonyl (C=O) groups excluding carboxylic acids is 2. The molecule has 2 fully saturated rings. The topological polar surface area (TPSA) is 58.6 Å². The van der Waals surface area contributed by atoms with Gasteiger partial charge >= 0.3 is 0 Å². The van der Waals surface area contributed by atoms with Crippen LogP contribution in [-0.4, -0.2) is 41.9 Å². The highest BCUT2D eigenvalue weighted by molar-refractivity contribution is 7.12. The largest absolute Gasteiger partial charge is 0.487 e. The molecule has 1 aromatic heterocycles. The van der Waals surface area contributed by atoms with Gasteiger partial charge in [0.1, 0.15) is 11.4 Å². The van der Waals surface area contributed by atoms with Crippen LogP contribution in [0.1, 0.15) is 59.7 Å². The van der Waals surface area contributed by atoms with Crippen LogP contribution >= 0.6 is 11.3 Å². The number of amides is 2. The van der Waals surface area contributed by atoms with Crippen molar-refractivity contribution in [1.29, 1.82) is 0 Å². The number of para-hydroxylation sites is 1. The molecule has 3 aliphatic rings. The van der Waals surface area contributed by atoms with Crippen LogP contribution in [-0.2, 0) is 4.79 Å². The maximum atomic E-state index is 12.7. The average Bonchev–Trinajstić information content (AvgIpc) is 3.43. The number of rotatable bonds is 5. The maximum Gasteiger partial charge on any atom is 0.263 e. The van der Waals surface area contributed by atoms with E-state index in [0.717, 1.165) is 42.0 Å². The molecule has 1 aliphatic carbocycles. The molecule has 1 spiro atoms. The molecule has 0 bridgehead atoms. The van der Waals surface area contributed by atoms with Gasteiger partial charge in [-0.05, 0) is 48.3 Å². The Hall–Kier alpha value is -2.34. The zero-order valence-electron chi connectivity index (χ0n) is 17.1. The summed E-state index contributed by atoms with van der Waals surface area (Å²) in [4.78, 5) is 28.0. The second-order valence-electron chi connectivity index (χ2n) is 8.95. The molecule has 1 atom stereocenters. The summed E-state index contributed by atoms with van der Waals surface area (Å²) in [6, 6.07) is 11.9. The van der Waals surface area contributed by atoms with Gasteiger partial charge in [0.05, 0.1) is 4.88 Å². The average molecular weight is 425 g/mol. The van der Waals surface area contributed by atoms with E-state index in [2.05, 4.69) is 11.4 Å². The highest BCUT2D eigenvalue weighted by Crippen LogP contribution is 2.46. The van der Waals surface area contributed by atoms with Gasteiger partial charge in [-0.25, -0.2) is 0 Å². The van der Waals surface area contributed by atoms with Gasteiger partial charge in [0.25, 0.3) is 5.91 Å². The summed E-state index contributed by atoms with van der Waals surface area (Å²) in [5.74, 6) is 2.01. The molecule has 2 aliphatic heterocycles. The summed E-state index contributed by atoms with van der Waals surface area (Å²) < 4.78 is 6.53. The van der Waals surface area contributed by atoms with E-state index in [1.165, 1.54) is 24.2 Å². The predicted octanol–water partition coefficient (Wildman–Crippen LogP) is 4.21. The Bertz CT molecular complexity index is 914. The minimum absolute atomic E-state index is 0.118. The van der Waals surface area contributed by atoms with Gasteiger partial charge in [-0.1, -0.05) is 24.3 Å². The van der Waals surface area contributed by atoms with Crippen molar-refractivity contribution in [2.45, 2.75) is 50.0 Å². The monoisotopic (exact) mass is 424 g/mol. The number of nitrogens with zero attached hydrogens (tertiary/aromatic N) is 1. The molecule has 2 amide bonds. The Morgan fingerprint density at radius 3 is 2.67 bits per heavy atom. The highest BCUT2D eigenvalue weighted by Gasteiger charge is 2.44. The fourth-order valence-corrected chi connectivity index (χ4v) is 5.47. The number of piperidine rings is 1. The van der Waals surface area contributed by atoms with E-state index < -0.39 is 0 Å². The predicted molar refractivity (Wildman–Crippen MR) is 117 cm³/mol. The van der Waals surface area contributed by atoms with Crippen molar-refractivity contribution in [2.75, 3.05) is 19.6 Å². The van der Waals surface area contributed by atoms with Crippen LogP contribution in [0.3, 0.4) is 0 Å². The van der Waals surface area contributed by atoms with Crippen LogP contribution in [0.4, 0.5) is 0 Å². The number of benzene rings is 1. The van der Waals surface area contributed by atoms with Gasteiger partial charge in [0.15, 0.2) is 0 Å². The number of carbonyl (C=O) groups is 2. The maximum absolute atomic E-state index is 12.7. The van der Waals surface area contributed by atoms with Crippen LogP contribution in [0.5, 0.6) is 5.75 Å². The zero-order valence-corrected chi connectivity index (χ0v) is 18.0. The van der Waals surface area contributed by atoms with E-state index in [1.807, 2.05) is 40.6 Å². The van der Waals surface area contributed by atoms with E-state index in [-0.39, 0.29) is 23.3 Å². The fraction of sp³-hybridized carbons (Fsp3) is 0.500. The van der Waals surface area contributed by atoms with Gasteiger partial charge in [-0.2, -0.15) is 0 Å². The number of nitrogens with one attached hydrogen (secondary N) is 1. The quantitative estimate of drug-likeness (QED) is 0.782. The molecule has 0 unspecified atom stereocenters. The van der Waals surface area contributed by atoms with Gasteiger partial charge in [-0.15, -0.1) is 11.3 Å². The second-order valence-corrected chi connectivity index (χ2v) is 9.89. The van der Waals surface area contributed by atoms with Crippen LogP contribution in [0.2, 0.25) is 0 Å². The van der Waals surface area contributed by atoms with Crippen molar-refractivity contribution in [2.24, 2.45) is 5.92 Å². The van der Waals surface area contributed by atoms with Crippen molar-refractivity contribution in [3.05, 3.63) is 52.2 Å². The first-order chi connectivity index (χ1) is 14.6. The molecule has 2 aromatic rings. The van der Waals surface area contributed by atoms with E-state index >= 15 is 0 Å². The lowest BCUT2D eigenvalue weighted by molar-refractivity contribution is -0.122. The lowest BCUT2D eigenvalue weighted by Crippen LogP contribution is -2.52. The first kappa shape index (κ1) is 19.6. The molecule has 30 heavy (non-hydrogen) atoms. The first-order valence-electron chi connectivity index (χ1n) is 11.0. The third-order valence-electron chi connectivity index (χ3n) is 6.71. The molecule has 1 aromatic carbocycles. The summed E-state index contributed by atoms with van der Waals surface area (Å²) in [7, 11) is 0. The third-order valence-corrected chi connectivity index (χ3v) is 7.57. The molecule has 6 heteroatoms. The molecule has 0 radical (unpaired) electrons. The Balaban J connectivity index is 1.28. The van der Waals surface area contributed by atoms with Crippen molar-refractivity contribution >= 4 is 23.2 Å². The second kappa shape index (κ2) is 8.06. The number of ether oxygens (including phenoxy) is 1. The molecule has 1 saturated heterocycles. The van der Waals surface area contributed by atoms with Gasteiger partial charge in [-0.3, -0.25) is 9.59 Å². The smallest absolute Gasteiger partial charge is 0.263 e. The molecule has 3 heterocycles. The molecular weight excluding hydrogens is 396 g/mol. The zero-order chi connectivity index (χ0) is 20.6. The number of hydrogen-bond acceptors (Lipinski definition) is 4. The van der Waals surface area contributed by atoms with Crippen molar-refractivity contribution in [3.63, 3.8) is 0 Å². The summed E-state index contributed by atoms with van der Waals surface area (Å²) in [5.41, 5.74) is 0.851. The molecule has 158 valence electrons. The molecule has 1 saturated carbocycles. The standard InChI is InChI=1S/C24H28N2O3S/c27-22(25-16-17-7-8-17)14-18-15-24(29-20-5-2-1-4-19(18)20)9-11-26(12-10-24)23(28)21-6-3-13-30-21/h1-6,13,17-18H,7-12,14-16H2,(H,25,27)/t18-/m0/s1. The molecule has 1 N–H and O–H groups in total. The normalized spacial score (nSPS) is 22.3. The number of hydrogen-bond donors (Lipinski definition) is 1. The molecular formula is C24H28N2O3S. The number of thiophene rings is 1. The summed E-state index contributed by atoms with van der Waals surface area (Å²) in [6.45, 7) is 2.20. The Morgan fingerprint density at radius 1 is 1.13 bits per heavy atom. The first-order valence-corrected chi connectivity index (χ1v) is 11.9. The van der Waals surface area contributed by atoms with Crippen LogP contribution in [0, 0.1) is 5.92 Å². The minimum Gasteiger partial charge on any atom is -0.487 e. The Labute approximate surface area is 181 Å². The van der Waals surface area contributed by atoms with Crippen molar-refractivity contribution in [3.8, 4) is 5.75 Å². The highest BCUT2D eigenvalue weighted by atomic mass is 32.1. The van der Waals surface area contributed by atoms with Gasteiger partial charge in [0.2, 0.25) is 5.91 Å². The summed E-state index contributed by atoms with van der Waals surface area (Å²) >= 11 is 1.49. The van der Waals surface area contributed by atoms with Crippen molar-refractivity contribution in [1.82, 2.24) is 10.2 Å². The van der Waals surface area contributed by atoms with E-state index in [4.69, 9.17) is 4.74 Å². The van der Waals surface area contributed by atoms with Crippen LogP contribution in [0.15, 0.2) is 41.8 Å². The Morgan fingerprint density at radius 2 is 1.93 bits per heavy atom. The summed E-state index contributed by atoms with van der Waals surface area (Å²) in [6.07, 6.45) is 5.43. The number of likely N-dealkylation sites (tertiary alicyclic amines) is 1.